The van der Waals surface area contributed by atoms with Gasteiger partial charge in [-0.1, -0.05) is 6.92 Å². The zero-order valence-electron chi connectivity index (χ0n) is 14.3. The summed E-state index contributed by atoms with van der Waals surface area (Å²) >= 11 is 1.28. The molecule has 0 spiro atoms. The van der Waals surface area contributed by atoms with Crippen LogP contribution in [0, 0.1) is 10.1 Å². The summed E-state index contributed by atoms with van der Waals surface area (Å²) in [5.41, 5.74) is 3.73. The smallest absolute Gasteiger partial charge is 0.311 e. The van der Waals surface area contributed by atoms with Crippen LogP contribution in [0.15, 0.2) is 28.7 Å². The minimum Gasteiger partial charge on any atom is -0.487 e. The third kappa shape index (κ3) is 5.52. The molecular weight excluding hydrogens is 360 g/mol. The molecule has 1 heterocycles. The summed E-state index contributed by atoms with van der Waals surface area (Å²) in [6.07, 6.45) is 2.29. The van der Waals surface area contributed by atoms with Crippen LogP contribution in [-0.2, 0) is 16.0 Å². The molecule has 0 aliphatic rings. The van der Waals surface area contributed by atoms with E-state index in [0.717, 1.165) is 6.42 Å². The lowest BCUT2D eigenvalue weighted by Gasteiger charge is -2.05. The molecule has 1 aromatic heterocycles. The Morgan fingerprint density at radius 1 is 1.50 bits per heavy atom. The molecule has 2 rings (SSSR count). The molecule has 0 saturated heterocycles. The second-order valence-corrected chi connectivity index (χ2v) is 5.96. The minimum absolute atomic E-state index is 0.0871. The van der Waals surface area contributed by atoms with E-state index in [1.165, 1.54) is 30.7 Å². The summed E-state index contributed by atoms with van der Waals surface area (Å²) in [5.74, 6) is -0.141. The van der Waals surface area contributed by atoms with E-state index >= 15 is 0 Å². The van der Waals surface area contributed by atoms with E-state index in [0.29, 0.717) is 23.0 Å². The highest BCUT2D eigenvalue weighted by Crippen LogP contribution is 2.27. The number of carbonyl (C=O) groups excluding carboxylic acids is 1. The van der Waals surface area contributed by atoms with Crippen LogP contribution in [0.2, 0.25) is 0 Å². The summed E-state index contributed by atoms with van der Waals surface area (Å²) in [7, 11) is 1.32. The number of ether oxygens (including phenoxy) is 2. The lowest BCUT2D eigenvalue weighted by molar-refractivity contribution is -0.385. The SMILES string of the molecule is CCCOc1ccc(/C=N\Nc2nc(CC(=O)OC)cs2)cc1[N+](=O)[O-]. The maximum atomic E-state index is 11.2. The van der Waals surface area contributed by atoms with Crippen molar-refractivity contribution in [2.45, 2.75) is 19.8 Å². The highest BCUT2D eigenvalue weighted by atomic mass is 32.1. The molecule has 1 aromatic carbocycles. The van der Waals surface area contributed by atoms with Crippen LogP contribution in [0.3, 0.4) is 0 Å². The largest absolute Gasteiger partial charge is 0.487 e. The van der Waals surface area contributed by atoms with Gasteiger partial charge in [0.2, 0.25) is 5.13 Å². The molecule has 0 aliphatic heterocycles. The molecule has 0 atom stereocenters. The fraction of sp³-hybridized carbons (Fsp3) is 0.312. The quantitative estimate of drug-likeness (QED) is 0.308. The van der Waals surface area contributed by atoms with Crippen molar-refractivity contribution in [2.24, 2.45) is 5.10 Å². The highest BCUT2D eigenvalue weighted by Gasteiger charge is 2.15. The summed E-state index contributed by atoms with van der Waals surface area (Å²) in [4.78, 5) is 26.1. The lowest BCUT2D eigenvalue weighted by atomic mass is 10.2. The second kappa shape index (κ2) is 9.47. The molecule has 138 valence electrons. The predicted octanol–water partition coefficient (Wildman–Crippen LogP) is 3.00. The van der Waals surface area contributed by atoms with Gasteiger partial charge in [-0.25, -0.2) is 4.98 Å². The number of hydrogen-bond donors (Lipinski definition) is 1. The summed E-state index contributed by atoms with van der Waals surface area (Å²) in [5, 5.41) is 17.4. The standard InChI is InChI=1S/C16H18N4O5S/c1-3-6-25-14-5-4-11(7-13(14)20(22)23)9-17-19-16-18-12(10-26-16)8-15(21)24-2/h4-5,7,9-10H,3,6,8H2,1-2H3,(H,18,19)/b17-9-. The summed E-state index contributed by atoms with van der Waals surface area (Å²) in [6, 6.07) is 4.61. The number of rotatable bonds is 9. The molecule has 0 fully saturated rings. The van der Waals surface area contributed by atoms with Crippen LogP contribution < -0.4 is 10.2 Å². The average molecular weight is 378 g/mol. The number of aromatic nitrogens is 1. The highest BCUT2D eigenvalue weighted by molar-refractivity contribution is 7.13. The van der Waals surface area contributed by atoms with Gasteiger partial charge in [-0.15, -0.1) is 11.3 Å². The molecule has 0 bridgehead atoms. The number of hydrazone groups is 1. The van der Waals surface area contributed by atoms with Crippen molar-refractivity contribution in [1.82, 2.24) is 4.98 Å². The number of carbonyl (C=O) groups is 1. The number of nitro benzene ring substituents is 1. The monoisotopic (exact) mass is 378 g/mol. The first-order valence-corrected chi connectivity index (χ1v) is 8.63. The number of nitrogens with zero attached hydrogens (tertiary/aromatic N) is 3. The Bertz CT molecular complexity index is 806. The summed E-state index contributed by atoms with van der Waals surface area (Å²) in [6.45, 7) is 2.33. The minimum atomic E-state index is -0.490. The van der Waals surface area contributed by atoms with E-state index in [1.54, 1.807) is 17.5 Å². The molecule has 1 N–H and O–H groups in total. The van der Waals surface area contributed by atoms with E-state index in [1.807, 2.05) is 6.92 Å². The average Bonchev–Trinajstić information content (AvgIpc) is 3.07. The van der Waals surface area contributed by atoms with Crippen molar-refractivity contribution < 1.29 is 19.2 Å². The Kier molecular flexibility index (Phi) is 7.03. The molecule has 10 heteroatoms. The number of anilines is 1. The van der Waals surface area contributed by atoms with Crippen LogP contribution >= 0.6 is 11.3 Å². The summed E-state index contributed by atoms with van der Waals surface area (Å²) < 4.78 is 9.95. The van der Waals surface area contributed by atoms with E-state index in [2.05, 4.69) is 20.2 Å². The predicted molar refractivity (Wildman–Crippen MR) is 97.9 cm³/mol. The first kappa shape index (κ1) is 19.3. The molecule has 9 nitrogen and oxygen atoms in total. The van der Waals surface area contributed by atoms with Crippen molar-refractivity contribution >= 4 is 34.3 Å². The molecule has 0 aliphatic carbocycles. The third-order valence-corrected chi connectivity index (χ3v) is 3.92. The maximum Gasteiger partial charge on any atom is 0.311 e. The van der Waals surface area contributed by atoms with E-state index in [4.69, 9.17) is 4.74 Å². The van der Waals surface area contributed by atoms with Gasteiger partial charge in [0.25, 0.3) is 0 Å². The Balaban J connectivity index is 2.02. The van der Waals surface area contributed by atoms with Crippen LogP contribution in [0.25, 0.3) is 0 Å². The van der Waals surface area contributed by atoms with Gasteiger partial charge in [-0.05, 0) is 18.6 Å². The van der Waals surface area contributed by atoms with Crippen molar-refractivity contribution in [1.29, 1.82) is 0 Å². The van der Waals surface area contributed by atoms with Gasteiger partial charge in [0, 0.05) is 17.0 Å². The zero-order chi connectivity index (χ0) is 18.9. The molecule has 0 amide bonds. The van der Waals surface area contributed by atoms with Gasteiger partial charge in [-0.3, -0.25) is 20.3 Å². The lowest BCUT2D eigenvalue weighted by Crippen LogP contribution is -2.04. The Morgan fingerprint density at radius 2 is 2.31 bits per heavy atom. The number of nitro groups is 1. The molecule has 0 radical (unpaired) electrons. The van der Waals surface area contributed by atoms with E-state index in [-0.39, 0.29) is 23.8 Å². The molecule has 0 unspecified atom stereocenters. The van der Waals surface area contributed by atoms with Gasteiger partial charge in [0.05, 0.1) is 37.0 Å². The van der Waals surface area contributed by atoms with Crippen molar-refractivity contribution in [2.75, 3.05) is 19.1 Å². The van der Waals surface area contributed by atoms with Crippen molar-refractivity contribution in [3.8, 4) is 5.75 Å². The van der Waals surface area contributed by atoms with E-state index in [9.17, 15) is 14.9 Å². The van der Waals surface area contributed by atoms with Crippen LogP contribution in [-0.4, -0.2) is 35.8 Å². The Morgan fingerprint density at radius 3 is 3.00 bits per heavy atom. The fourth-order valence-electron chi connectivity index (χ4n) is 1.91. The van der Waals surface area contributed by atoms with Gasteiger partial charge >= 0.3 is 11.7 Å². The number of esters is 1. The molecular formula is C16H18N4O5S. The first-order chi connectivity index (χ1) is 12.5. The third-order valence-electron chi connectivity index (χ3n) is 3.12. The Labute approximate surface area is 153 Å². The number of methoxy groups -OCH3 is 1. The number of nitrogens with one attached hydrogen (secondary N) is 1. The number of benzene rings is 1. The normalized spacial score (nSPS) is 10.7. The van der Waals surface area contributed by atoms with Gasteiger partial charge in [-0.2, -0.15) is 5.10 Å². The maximum absolute atomic E-state index is 11.2. The first-order valence-electron chi connectivity index (χ1n) is 7.75. The van der Waals surface area contributed by atoms with Crippen LogP contribution in [0.5, 0.6) is 5.75 Å². The molecule has 0 saturated carbocycles. The Hall–Kier alpha value is -3.01. The second-order valence-electron chi connectivity index (χ2n) is 5.10. The van der Waals surface area contributed by atoms with E-state index < -0.39 is 4.92 Å². The zero-order valence-corrected chi connectivity index (χ0v) is 15.1. The van der Waals surface area contributed by atoms with Crippen molar-refractivity contribution in [3.05, 3.63) is 45.0 Å². The molecule has 26 heavy (non-hydrogen) atoms. The van der Waals surface area contributed by atoms with Crippen LogP contribution in [0.1, 0.15) is 24.6 Å². The van der Waals surface area contributed by atoms with Gasteiger partial charge < -0.3 is 9.47 Å². The van der Waals surface area contributed by atoms with Crippen LogP contribution in [0.4, 0.5) is 10.8 Å². The van der Waals surface area contributed by atoms with Gasteiger partial charge in [0.15, 0.2) is 5.75 Å². The van der Waals surface area contributed by atoms with Gasteiger partial charge in [0.1, 0.15) is 0 Å². The number of thiazole rings is 1. The molecule has 2 aromatic rings. The van der Waals surface area contributed by atoms with Crippen molar-refractivity contribution in [3.63, 3.8) is 0 Å². The number of hydrogen-bond acceptors (Lipinski definition) is 9. The fourth-order valence-corrected chi connectivity index (χ4v) is 2.57. The topological polar surface area (TPSA) is 116 Å².